The zero-order valence-corrected chi connectivity index (χ0v) is 11.5. The largest absolute Gasteiger partial charge is 0.416 e. The van der Waals surface area contributed by atoms with Crippen LogP contribution in [-0.4, -0.2) is 30.2 Å². The maximum absolute atomic E-state index is 12.7. The van der Waals surface area contributed by atoms with E-state index in [4.69, 9.17) is 4.74 Å². The molecular formula is C14H16F3N3O. The van der Waals surface area contributed by atoms with Crippen molar-refractivity contribution in [1.29, 1.82) is 0 Å². The standard InChI is InChI=1S/C14H16F3N3O/c1-21-6-5-18-9-13-19-8-12(20-13)10-3-2-4-11(7-10)14(15,16)17/h2-4,7-8,18H,5-6,9H2,1H3,(H,19,20). The topological polar surface area (TPSA) is 49.9 Å². The normalized spacial score (nSPS) is 11.8. The van der Waals surface area contributed by atoms with E-state index >= 15 is 0 Å². The van der Waals surface area contributed by atoms with Crippen molar-refractivity contribution in [2.24, 2.45) is 0 Å². The third-order valence-corrected chi connectivity index (χ3v) is 2.90. The molecule has 0 aliphatic heterocycles. The summed E-state index contributed by atoms with van der Waals surface area (Å²) in [6.07, 6.45) is -2.82. The predicted octanol–water partition coefficient (Wildman–Crippen LogP) is 2.83. The maximum atomic E-state index is 12.7. The quantitative estimate of drug-likeness (QED) is 0.806. The molecule has 0 saturated heterocycles. The zero-order valence-electron chi connectivity index (χ0n) is 11.5. The van der Waals surface area contributed by atoms with Crippen LogP contribution in [0.2, 0.25) is 0 Å². The minimum atomic E-state index is -4.35. The number of benzene rings is 1. The van der Waals surface area contributed by atoms with Crippen molar-refractivity contribution in [3.63, 3.8) is 0 Å². The second kappa shape index (κ2) is 6.73. The SMILES string of the molecule is COCCNCc1ncc(-c2cccc(C(F)(F)F)c2)[nH]1. The Morgan fingerprint density at radius 1 is 1.33 bits per heavy atom. The van der Waals surface area contributed by atoms with Gasteiger partial charge in [-0.05, 0) is 12.1 Å². The highest BCUT2D eigenvalue weighted by Gasteiger charge is 2.30. The van der Waals surface area contributed by atoms with Gasteiger partial charge in [0.25, 0.3) is 0 Å². The molecule has 1 aromatic carbocycles. The zero-order chi connectivity index (χ0) is 15.3. The van der Waals surface area contributed by atoms with Crippen LogP contribution < -0.4 is 5.32 Å². The Bertz CT molecular complexity index is 581. The van der Waals surface area contributed by atoms with Crippen LogP contribution >= 0.6 is 0 Å². The van der Waals surface area contributed by atoms with Gasteiger partial charge in [0.2, 0.25) is 0 Å². The molecule has 4 nitrogen and oxygen atoms in total. The van der Waals surface area contributed by atoms with E-state index in [0.29, 0.717) is 36.8 Å². The van der Waals surface area contributed by atoms with Gasteiger partial charge in [-0.3, -0.25) is 0 Å². The van der Waals surface area contributed by atoms with Crippen LogP contribution in [0.3, 0.4) is 0 Å². The highest BCUT2D eigenvalue weighted by atomic mass is 19.4. The Kier molecular flexibility index (Phi) is 4.98. The van der Waals surface area contributed by atoms with Crippen LogP contribution in [0.4, 0.5) is 13.2 Å². The summed E-state index contributed by atoms with van der Waals surface area (Å²) in [6.45, 7) is 1.76. The molecule has 0 unspecified atom stereocenters. The molecule has 1 heterocycles. The molecule has 21 heavy (non-hydrogen) atoms. The molecule has 0 atom stereocenters. The number of methoxy groups -OCH3 is 1. The Morgan fingerprint density at radius 3 is 2.86 bits per heavy atom. The van der Waals surface area contributed by atoms with Gasteiger partial charge in [-0.15, -0.1) is 0 Å². The van der Waals surface area contributed by atoms with Crippen LogP contribution in [0.25, 0.3) is 11.3 Å². The Hall–Kier alpha value is -1.86. The predicted molar refractivity (Wildman–Crippen MR) is 72.6 cm³/mol. The molecule has 0 spiro atoms. The second-order valence-electron chi connectivity index (χ2n) is 4.49. The van der Waals surface area contributed by atoms with E-state index in [-0.39, 0.29) is 0 Å². The van der Waals surface area contributed by atoms with E-state index in [1.165, 1.54) is 12.3 Å². The first-order valence-corrected chi connectivity index (χ1v) is 6.42. The number of alkyl halides is 3. The summed E-state index contributed by atoms with van der Waals surface area (Å²) in [4.78, 5) is 7.15. The number of aromatic amines is 1. The first-order chi connectivity index (χ1) is 10.0. The number of nitrogens with one attached hydrogen (secondary N) is 2. The van der Waals surface area contributed by atoms with Crippen molar-refractivity contribution in [2.75, 3.05) is 20.3 Å². The van der Waals surface area contributed by atoms with E-state index in [2.05, 4.69) is 15.3 Å². The Morgan fingerprint density at radius 2 is 2.14 bits per heavy atom. The lowest BCUT2D eigenvalue weighted by atomic mass is 10.1. The number of imidazole rings is 1. The van der Waals surface area contributed by atoms with Gasteiger partial charge in [-0.25, -0.2) is 4.98 Å². The minimum Gasteiger partial charge on any atom is -0.383 e. The van der Waals surface area contributed by atoms with Crippen LogP contribution in [0.15, 0.2) is 30.5 Å². The van der Waals surface area contributed by atoms with Gasteiger partial charge in [-0.1, -0.05) is 12.1 Å². The molecule has 114 valence electrons. The Labute approximate surface area is 120 Å². The van der Waals surface area contributed by atoms with Crippen molar-refractivity contribution in [1.82, 2.24) is 15.3 Å². The molecule has 0 bridgehead atoms. The van der Waals surface area contributed by atoms with Crippen molar-refractivity contribution in [3.8, 4) is 11.3 Å². The van der Waals surface area contributed by atoms with Crippen molar-refractivity contribution in [3.05, 3.63) is 41.9 Å². The number of hydrogen-bond donors (Lipinski definition) is 2. The third kappa shape index (κ3) is 4.30. The lowest BCUT2D eigenvalue weighted by molar-refractivity contribution is -0.137. The number of ether oxygens (including phenoxy) is 1. The summed E-state index contributed by atoms with van der Waals surface area (Å²) < 4.78 is 42.9. The van der Waals surface area contributed by atoms with Crippen LogP contribution in [0.1, 0.15) is 11.4 Å². The lowest BCUT2D eigenvalue weighted by Crippen LogP contribution is -2.19. The van der Waals surface area contributed by atoms with Gasteiger partial charge >= 0.3 is 6.18 Å². The van der Waals surface area contributed by atoms with Crippen molar-refractivity contribution in [2.45, 2.75) is 12.7 Å². The average molecular weight is 299 g/mol. The van der Waals surface area contributed by atoms with Gasteiger partial charge in [0.15, 0.2) is 0 Å². The van der Waals surface area contributed by atoms with E-state index in [1.54, 1.807) is 13.2 Å². The van der Waals surface area contributed by atoms with Crippen molar-refractivity contribution < 1.29 is 17.9 Å². The first-order valence-electron chi connectivity index (χ1n) is 6.42. The summed E-state index contributed by atoms with van der Waals surface area (Å²) in [7, 11) is 1.61. The van der Waals surface area contributed by atoms with Crippen LogP contribution in [0.5, 0.6) is 0 Å². The van der Waals surface area contributed by atoms with Crippen LogP contribution in [-0.2, 0) is 17.5 Å². The third-order valence-electron chi connectivity index (χ3n) is 2.90. The summed E-state index contributed by atoms with van der Waals surface area (Å²) in [5.74, 6) is 0.665. The summed E-state index contributed by atoms with van der Waals surface area (Å²) in [5, 5.41) is 3.10. The number of H-pyrrole nitrogens is 1. The molecule has 0 amide bonds. The molecule has 2 rings (SSSR count). The van der Waals surface area contributed by atoms with E-state index in [1.807, 2.05) is 0 Å². The fourth-order valence-electron chi connectivity index (χ4n) is 1.84. The van der Waals surface area contributed by atoms with E-state index < -0.39 is 11.7 Å². The molecule has 1 aromatic heterocycles. The monoisotopic (exact) mass is 299 g/mol. The fourth-order valence-corrected chi connectivity index (χ4v) is 1.84. The molecule has 2 aromatic rings. The molecule has 0 aliphatic carbocycles. The van der Waals surface area contributed by atoms with Gasteiger partial charge < -0.3 is 15.0 Å². The molecule has 0 saturated carbocycles. The summed E-state index contributed by atoms with van der Waals surface area (Å²) in [5.41, 5.74) is 0.347. The lowest BCUT2D eigenvalue weighted by Gasteiger charge is -2.07. The second-order valence-corrected chi connectivity index (χ2v) is 4.49. The average Bonchev–Trinajstić information content (AvgIpc) is 2.92. The number of rotatable bonds is 6. The number of nitrogens with zero attached hydrogens (tertiary/aromatic N) is 1. The highest BCUT2D eigenvalue weighted by molar-refractivity contribution is 5.59. The van der Waals surface area contributed by atoms with Gasteiger partial charge in [0.1, 0.15) is 5.82 Å². The number of hydrogen-bond acceptors (Lipinski definition) is 3. The van der Waals surface area contributed by atoms with Gasteiger partial charge in [-0.2, -0.15) is 13.2 Å². The molecule has 2 N–H and O–H groups in total. The van der Waals surface area contributed by atoms with Crippen LogP contribution in [0, 0.1) is 0 Å². The van der Waals surface area contributed by atoms with E-state index in [0.717, 1.165) is 12.1 Å². The minimum absolute atomic E-state index is 0.459. The van der Waals surface area contributed by atoms with E-state index in [9.17, 15) is 13.2 Å². The summed E-state index contributed by atoms with van der Waals surface area (Å²) in [6, 6.07) is 5.16. The number of halogens is 3. The number of aromatic nitrogens is 2. The Balaban J connectivity index is 2.07. The first kappa shape index (κ1) is 15.5. The fraction of sp³-hybridized carbons (Fsp3) is 0.357. The summed E-state index contributed by atoms with van der Waals surface area (Å²) >= 11 is 0. The van der Waals surface area contributed by atoms with Gasteiger partial charge in [0.05, 0.1) is 30.6 Å². The molecule has 0 radical (unpaired) electrons. The smallest absolute Gasteiger partial charge is 0.383 e. The molecule has 0 fully saturated rings. The van der Waals surface area contributed by atoms with Gasteiger partial charge in [0, 0.05) is 19.2 Å². The van der Waals surface area contributed by atoms with Crippen molar-refractivity contribution >= 4 is 0 Å². The molecule has 0 aliphatic rings. The highest BCUT2D eigenvalue weighted by Crippen LogP contribution is 2.31. The molecular weight excluding hydrogens is 283 g/mol. The maximum Gasteiger partial charge on any atom is 0.416 e. The molecule has 7 heteroatoms.